The molecule has 0 atom stereocenters. The topological polar surface area (TPSA) is 72.8 Å². The Morgan fingerprint density at radius 2 is 2.14 bits per heavy atom. The number of halogens is 4. The fourth-order valence-corrected chi connectivity index (χ4v) is 2.38. The van der Waals surface area contributed by atoms with Crippen LogP contribution in [0.2, 0.25) is 0 Å². The summed E-state index contributed by atoms with van der Waals surface area (Å²) in [5.41, 5.74) is 1.08. The lowest BCUT2D eigenvalue weighted by atomic mass is 10.3. The molecule has 0 saturated carbocycles. The van der Waals surface area contributed by atoms with E-state index in [1.165, 1.54) is 29.2 Å². The van der Waals surface area contributed by atoms with E-state index in [1.54, 1.807) is 0 Å². The lowest BCUT2D eigenvalue weighted by Gasteiger charge is -2.08. The van der Waals surface area contributed by atoms with E-state index in [1.807, 2.05) is 0 Å². The molecule has 0 radical (unpaired) electrons. The minimum atomic E-state index is -4.78. The minimum Gasteiger partial charge on any atom is -0.406 e. The maximum Gasteiger partial charge on any atom is 0.573 e. The van der Waals surface area contributed by atoms with Gasteiger partial charge in [0.05, 0.1) is 17.3 Å². The average Bonchev–Trinajstić information content (AvgIpc) is 3.01. The van der Waals surface area contributed by atoms with Crippen LogP contribution in [0.5, 0.6) is 5.75 Å². The van der Waals surface area contributed by atoms with Crippen LogP contribution in [0.1, 0.15) is 10.4 Å². The molecule has 10 heteroatoms. The second-order valence-electron chi connectivity index (χ2n) is 4.25. The molecule has 0 aliphatic carbocycles. The predicted octanol–water partition coefficient (Wildman–Crippen LogP) is 3.22. The zero-order chi connectivity index (χ0) is 15.9. The van der Waals surface area contributed by atoms with Crippen molar-refractivity contribution in [3.63, 3.8) is 0 Å². The van der Waals surface area contributed by atoms with Gasteiger partial charge in [-0.15, -0.1) is 13.2 Å². The predicted molar refractivity (Wildman–Crippen MR) is 73.0 cm³/mol. The number of aromatic nitrogens is 4. The van der Waals surface area contributed by atoms with Gasteiger partial charge < -0.3 is 9.72 Å². The first kappa shape index (κ1) is 14.6. The molecular weight excluding hydrogens is 369 g/mol. The van der Waals surface area contributed by atoms with E-state index in [-0.39, 0.29) is 11.7 Å². The Morgan fingerprint density at radius 3 is 2.77 bits per heavy atom. The summed E-state index contributed by atoms with van der Waals surface area (Å²) < 4.78 is 42.3. The van der Waals surface area contributed by atoms with Gasteiger partial charge in [0.1, 0.15) is 11.3 Å². The molecular formula is C12H6BrF3N4O2. The van der Waals surface area contributed by atoms with Crippen LogP contribution in [-0.2, 0) is 0 Å². The Kier molecular flexibility index (Phi) is 3.39. The summed E-state index contributed by atoms with van der Waals surface area (Å²) in [6.07, 6.45) is -1.38. The third-order valence-corrected chi connectivity index (χ3v) is 3.29. The van der Waals surface area contributed by atoms with E-state index in [9.17, 15) is 18.0 Å². The molecule has 0 fully saturated rings. The van der Waals surface area contributed by atoms with Gasteiger partial charge in [0.25, 0.3) is 0 Å². The molecule has 6 nitrogen and oxygen atoms in total. The van der Waals surface area contributed by atoms with E-state index in [0.29, 0.717) is 27.4 Å². The molecule has 0 spiro atoms. The summed E-state index contributed by atoms with van der Waals surface area (Å²) in [4.78, 5) is 17.7. The normalized spacial score (nSPS) is 11.8. The van der Waals surface area contributed by atoms with Crippen LogP contribution >= 0.6 is 15.9 Å². The van der Waals surface area contributed by atoms with E-state index >= 15 is 0 Å². The Hall–Kier alpha value is -2.36. The molecule has 0 bridgehead atoms. The van der Waals surface area contributed by atoms with Gasteiger partial charge in [-0.25, -0.2) is 9.67 Å². The number of benzene rings is 1. The maximum atomic E-state index is 12.3. The smallest absolute Gasteiger partial charge is 0.406 e. The quantitative estimate of drug-likeness (QED) is 0.714. The van der Waals surface area contributed by atoms with Crippen LogP contribution in [0, 0.1) is 0 Å². The van der Waals surface area contributed by atoms with E-state index in [2.05, 4.69) is 35.7 Å². The SMILES string of the molecule is O=Cc1cnn(-c2nc3c(Br)cc(OC(F)(F)F)cc3[nH]2)c1. The van der Waals surface area contributed by atoms with Crippen molar-refractivity contribution in [2.75, 3.05) is 0 Å². The highest BCUT2D eigenvalue weighted by Crippen LogP contribution is 2.31. The van der Waals surface area contributed by atoms with Gasteiger partial charge in [-0.2, -0.15) is 5.10 Å². The van der Waals surface area contributed by atoms with Gasteiger partial charge >= 0.3 is 6.36 Å². The fourth-order valence-electron chi connectivity index (χ4n) is 1.85. The van der Waals surface area contributed by atoms with Crippen molar-refractivity contribution in [1.29, 1.82) is 0 Å². The van der Waals surface area contributed by atoms with Gasteiger partial charge in [-0.05, 0) is 22.0 Å². The summed E-state index contributed by atoms with van der Waals surface area (Å²) in [6.45, 7) is 0. The summed E-state index contributed by atoms with van der Waals surface area (Å²) in [6, 6.07) is 2.34. The van der Waals surface area contributed by atoms with Gasteiger partial charge in [-0.1, -0.05) is 0 Å². The molecule has 1 aromatic carbocycles. The van der Waals surface area contributed by atoms with E-state index in [4.69, 9.17) is 0 Å². The van der Waals surface area contributed by atoms with Crippen molar-refractivity contribution in [3.05, 3.63) is 34.6 Å². The highest BCUT2D eigenvalue weighted by Gasteiger charge is 2.31. The Balaban J connectivity index is 2.05. The number of carbonyl (C=O) groups is 1. The van der Waals surface area contributed by atoms with Crippen molar-refractivity contribution < 1.29 is 22.7 Å². The number of nitrogens with zero attached hydrogens (tertiary/aromatic N) is 3. The third-order valence-electron chi connectivity index (χ3n) is 2.69. The number of hydrogen-bond acceptors (Lipinski definition) is 4. The molecule has 0 unspecified atom stereocenters. The van der Waals surface area contributed by atoms with Gasteiger partial charge in [0, 0.05) is 16.7 Å². The average molecular weight is 375 g/mol. The molecule has 0 amide bonds. The molecule has 2 heterocycles. The van der Waals surface area contributed by atoms with Crippen LogP contribution in [0.15, 0.2) is 29.0 Å². The van der Waals surface area contributed by atoms with Crippen LogP contribution in [0.3, 0.4) is 0 Å². The van der Waals surface area contributed by atoms with Crippen LogP contribution in [-0.4, -0.2) is 32.4 Å². The first-order valence-corrected chi connectivity index (χ1v) is 6.60. The number of alkyl halides is 3. The number of fused-ring (bicyclic) bond motifs is 1. The number of rotatable bonds is 3. The van der Waals surface area contributed by atoms with Crippen LogP contribution in [0.25, 0.3) is 17.0 Å². The standard InChI is InChI=1S/C12H6BrF3N4O2/c13-8-1-7(22-12(14,15)16)2-9-10(8)19-11(18-9)20-4-6(5-21)3-17-20/h1-5H,(H,18,19). The Bertz CT molecular complexity index is 856. The summed E-state index contributed by atoms with van der Waals surface area (Å²) >= 11 is 3.14. The molecule has 3 aromatic rings. The zero-order valence-corrected chi connectivity index (χ0v) is 12.1. The molecule has 3 rings (SSSR count). The maximum absolute atomic E-state index is 12.3. The number of aldehydes is 1. The largest absolute Gasteiger partial charge is 0.573 e. The molecule has 114 valence electrons. The van der Waals surface area contributed by atoms with Gasteiger partial charge in [0.15, 0.2) is 6.29 Å². The molecule has 1 N–H and O–H groups in total. The summed E-state index contributed by atoms with van der Waals surface area (Å²) in [7, 11) is 0. The van der Waals surface area contributed by atoms with Crippen LogP contribution in [0.4, 0.5) is 13.2 Å². The number of imidazole rings is 1. The molecule has 0 aliphatic rings. The number of nitrogens with one attached hydrogen (secondary N) is 1. The van der Waals surface area contributed by atoms with Crippen molar-refractivity contribution in [2.45, 2.75) is 6.36 Å². The fraction of sp³-hybridized carbons (Fsp3) is 0.0833. The van der Waals surface area contributed by atoms with Crippen LogP contribution < -0.4 is 4.74 Å². The number of aromatic amines is 1. The second kappa shape index (κ2) is 5.13. The zero-order valence-electron chi connectivity index (χ0n) is 10.6. The van der Waals surface area contributed by atoms with Gasteiger partial charge in [0.2, 0.25) is 5.95 Å². The highest BCUT2D eigenvalue weighted by atomic mass is 79.9. The Labute approximate surface area is 129 Å². The number of H-pyrrole nitrogens is 1. The number of ether oxygens (including phenoxy) is 1. The lowest BCUT2D eigenvalue weighted by molar-refractivity contribution is -0.274. The summed E-state index contributed by atoms with van der Waals surface area (Å²) in [5, 5.41) is 3.93. The molecule has 2 aromatic heterocycles. The first-order valence-electron chi connectivity index (χ1n) is 5.81. The number of hydrogen-bond donors (Lipinski definition) is 1. The summed E-state index contributed by atoms with van der Waals surface area (Å²) in [5.74, 6) is -0.121. The van der Waals surface area contributed by atoms with Gasteiger partial charge in [-0.3, -0.25) is 4.79 Å². The van der Waals surface area contributed by atoms with E-state index in [0.717, 1.165) is 0 Å². The van der Waals surface area contributed by atoms with Crippen molar-refractivity contribution >= 4 is 33.2 Å². The molecule has 0 aliphatic heterocycles. The molecule has 22 heavy (non-hydrogen) atoms. The molecule has 0 saturated heterocycles. The van der Waals surface area contributed by atoms with Crippen molar-refractivity contribution in [1.82, 2.24) is 19.7 Å². The first-order chi connectivity index (χ1) is 10.4. The van der Waals surface area contributed by atoms with E-state index < -0.39 is 6.36 Å². The second-order valence-corrected chi connectivity index (χ2v) is 5.10. The Morgan fingerprint density at radius 1 is 1.36 bits per heavy atom. The highest BCUT2D eigenvalue weighted by molar-refractivity contribution is 9.10. The third kappa shape index (κ3) is 2.82. The minimum absolute atomic E-state index is 0.257. The van der Waals surface area contributed by atoms with Crippen molar-refractivity contribution in [2.24, 2.45) is 0 Å². The monoisotopic (exact) mass is 374 g/mol. The lowest BCUT2D eigenvalue weighted by Crippen LogP contribution is -2.17. The van der Waals surface area contributed by atoms with Crippen molar-refractivity contribution in [3.8, 4) is 11.7 Å². The number of carbonyl (C=O) groups excluding carboxylic acids is 1.